The molecule has 0 aliphatic heterocycles. The lowest BCUT2D eigenvalue weighted by Gasteiger charge is -2.09. The lowest BCUT2D eigenvalue weighted by molar-refractivity contribution is 0.252. The molecule has 3 aromatic carbocycles. The number of hydrogen-bond acceptors (Lipinski definition) is 2. The normalized spacial score (nSPS) is 11.0. The van der Waals surface area contributed by atoms with Gasteiger partial charge in [0.05, 0.1) is 5.71 Å². The summed E-state index contributed by atoms with van der Waals surface area (Å²) in [5.74, 6) is 0. The number of anilines is 1. The van der Waals surface area contributed by atoms with Crippen LogP contribution in [0, 0.1) is 0 Å². The van der Waals surface area contributed by atoms with Crippen molar-refractivity contribution < 1.29 is 4.79 Å². The van der Waals surface area contributed by atoms with Gasteiger partial charge in [-0.3, -0.25) is 0 Å². The lowest BCUT2D eigenvalue weighted by atomic mass is 10.0. The maximum Gasteiger partial charge on any atom is 0.339 e. The number of carbonyl (C=O) groups excluding carboxylic acids is 1. The Bertz CT molecular complexity index is 831. The number of rotatable bonds is 5. The van der Waals surface area contributed by atoms with Crippen LogP contribution in [0.1, 0.15) is 11.1 Å². The third-order valence-corrected chi connectivity index (χ3v) is 3.65. The highest BCUT2D eigenvalue weighted by Crippen LogP contribution is 2.09. The number of nitrogens with zero attached hydrogens (tertiary/aromatic N) is 1. The van der Waals surface area contributed by atoms with Crippen LogP contribution in [0.2, 0.25) is 0 Å². The van der Waals surface area contributed by atoms with Crippen molar-refractivity contribution in [1.29, 1.82) is 0 Å². The van der Waals surface area contributed by atoms with Crippen LogP contribution in [-0.4, -0.2) is 11.7 Å². The summed E-state index contributed by atoms with van der Waals surface area (Å²) in [5.41, 5.74) is 6.22. The second-order valence-electron chi connectivity index (χ2n) is 5.52. The molecule has 4 nitrogen and oxygen atoms in total. The van der Waals surface area contributed by atoms with Gasteiger partial charge < -0.3 is 5.32 Å². The van der Waals surface area contributed by atoms with Crippen molar-refractivity contribution in [2.45, 2.75) is 6.42 Å². The number of hydrogen-bond donors (Lipinski definition) is 2. The molecule has 0 aliphatic carbocycles. The number of amides is 2. The van der Waals surface area contributed by atoms with Crippen LogP contribution < -0.4 is 10.7 Å². The van der Waals surface area contributed by atoms with Crippen molar-refractivity contribution in [2.24, 2.45) is 5.10 Å². The maximum absolute atomic E-state index is 12.1. The standard InChI is InChI=1S/C21H19N3O/c25-21(22-19-14-8-3-9-15-19)24-23-20(18-12-6-2-7-13-18)16-17-10-4-1-5-11-17/h1-15H,16H2,(H2,22,24,25)/b23-20+. The first-order valence-electron chi connectivity index (χ1n) is 8.09. The molecule has 3 rings (SSSR count). The first kappa shape index (κ1) is 16.5. The summed E-state index contributed by atoms with van der Waals surface area (Å²) >= 11 is 0. The Hall–Kier alpha value is -3.40. The lowest BCUT2D eigenvalue weighted by Crippen LogP contribution is -2.26. The van der Waals surface area contributed by atoms with Crippen molar-refractivity contribution in [3.05, 3.63) is 102 Å². The highest BCUT2D eigenvalue weighted by Gasteiger charge is 2.07. The molecule has 2 amide bonds. The summed E-state index contributed by atoms with van der Waals surface area (Å²) in [6.45, 7) is 0. The minimum atomic E-state index is -0.368. The SMILES string of the molecule is O=C(N/N=C(\Cc1ccccc1)c1ccccc1)Nc1ccccc1. The summed E-state index contributed by atoms with van der Waals surface area (Å²) < 4.78 is 0. The molecule has 0 saturated carbocycles. The van der Waals surface area contributed by atoms with Gasteiger partial charge in [-0.05, 0) is 23.3 Å². The zero-order valence-electron chi connectivity index (χ0n) is 13.7. The highest BCUT2D eigenvalue weighted by atomic mass is 16.2. The van der Waals surface area contributed by atoms with E-state index in [1.54, 1.807) is 0 Å². The van der Waals surface area contributed by atoms with Crippen LogP contribution in [0.25, 0.3) is 0 Å². The minimum Gasteiger partial charge on any atom is -0.307 e. The van der Waals surface area contributed by atoms with E-state index in [1.165, 1.54) is 0 Å². The van der Waals surface area contributed by atoms with Gasteiger partial charge in [-0.15, -0.1) is 0 Å². The second-order valence-corrected chi connectivity index (χ2v) is 5.52. The fraction of sp³-hybridized carbons (Fsp3) is 0.0476. The van der Waals surface area contributed by atoms with Gasteiger partial charge in [0.15, 0.2) is 0 Å². The third kappa shape index (κ3) is 5.04. The summed E-state index contributed by atoms with van der Waals surface area (Å²) in [4.78, 5) is 12.1. The second kappa shape index (κ2) is 8.45. The molecule has 4 heteroatoms. The zero-order chi connectivity index (χ0) is 17.3. The quantitative estimate of drug-likeness (QED) is 0.527. The smallest absolute Gasteiger partial charge is 0.307 e. The summed E-state index contributed by atoms with van der Waals surface area (Å²) in [7, 11) is 0. The summed E-state index contributed by atoms with van der Waals surface area (Å²) in [6.07, 6.45) is 0.635. The number of carbonyl (C=O) groups is 1. The number of hydrazone groups is 1. The Labute approximate surface area is 147 Å². The molecule has 0 spiro atoms. The van der Waals surface area contributed by atoms with Crippen molar-refractivity contribution in [3.63, 3.8) is 0 Å². The number of benzene rings is 3. The van der Waals surface area contributed by atoms with Gasteiger partial charge in [0, 0.05) is 12.1 Å². The van der Waals surface area contributed by atoms with Crippen molar-refractivity contribution in [2.75, 3.05) is 5.32 Å². The molecule has 0 atom stereocenters. The Morgan fingerprint density at radius 1 is 0.760 bits per heavy atom. The van der Waals surface area contributed by atoms with Crippen LogP contribution in [0.15, 0.2) is 96.1 Å². The van der Waals surface area contributed by atoms with Gasteiger partial charge in [-0.2, -0.15) is 5.10 Å². The molecule has 0 aromatic heterocycles. The number of para-hydroxylation sites is 1. The minimum absolute atomic E-state index is 0.368. The van der Waals surface area contributed by atoms with E-state index in [1.807, 2.05) is 91.0 Å². The molecule has 25 heavy (non-hydrogen) atoms. The molecular formula is C21H19N3O. The van der Waals surface area contributed by atoms with Gasteiger partial charge in [0.25, 0.3) is 0 Å². The fourth-order valence-corrected chi connectivity index (χ4v) is 2.42. The predicted octanol–water partition coefficient (Wildman–Crippen LogP) is 4.46. The maximum atomic E-state index is 12.1. The molecule has 0 fully saturated rings. The molecule has 0 heterocycles. The van der Waals surface area contributed by atoms with E-state index >= 15 is 0 Å². The van der Waals surface area contributed by atoms with Crippen molar-refractivity contribution in [3.8, 4) is 0 Å². The Morgan fingerprint density at radius 3 is 1.96 bits per heavy atom. The van der Waals surface area contributed by atoms with E-state index in [4.69, 9.17) is 0 Å². The highest BCUT2D eigenvalue weighted by molar-refractivity contribution is 6.02. The molecule has 0 aliphatic rings. The summed E-state index contributed by atoms with van der Waals surface area (Å²) in [5, 5.41) is 7.10. The van der Waals surface area contributed by atoms with Crippen molar-refractivity contribution >= 4 is 17.4 Å². The number of urea groups is 1. The third-order valence-electron chi connectivity index (χ3n) is 3.65. The summed E-state index contributed by atoms with van der Waals surface area (Å²) in [6, 6.07) is 28.8. The van der Waals surface area contributed by atoms with Crippen molar-refractivity contribution in [1.82, 2.24) is 5.43 Å². The first-order chi connectivity index (χ1) is 12.3. The van der Waals surface area contributed by atoms with Crippen LogP contribution in [0.5, 0.6) is 0 Å². The molecular weight excluding hydrogens is 310 g/mol. The van der Waals surface area contributed by atoms with E-state index in [0.29, 0.717) is 6.42 Å². The fourth-order valence-electron chi connectivity index (χ4n) is 2.42. The predicted molar refractivity (Wildman–Crippen MR) is 102 cm³/mol. The molecule has 2 N–H and O–H groups in total. The van der Waals surface area contributed by atoms with Gasteiger partial charge in [0.1, 0.15) is 0 Å². The van der Waals surface area contributed by atoms with E-state index in [0.717, 1.165) is 22.5 Å². The van der Waals surface area contributed by atoms with Gasteiger partial charge in [-0.25, -0.2) is 10.2 Å². The van der Waals surface area contributed by atoms with Gasteiger partial charge >= 0.3 is 6.03 Å². The van der Waals surface area contributed by atoms with Crippen LogP contribution in [0.4, 0.5) is 10.5 Å². The Kier molecular flexibility index (Phi) is 5.56. The molecule has 0 unspecified atom stereocenters. The molecule has 0 bridgehead atoms. The van der Waals surface area contributed by atoms with Crippen LogP contribution in [0.3, 0.4) is 0 Å². The van der Waals surface area contributed by atoms with Crippen LogP contribution >= 0.6 is 0 Å². The first-order valence-corrected chi connectivity index (χ1v) is 8.09. The Morgan fingerprint density at radius 2 is 1.32 bits per heavy atom. The average Bonchev–Trinajstić information content (AvgIpc) is 2.67. The van der Waals surface area contributed by atoms with E-state index < -0.39 is 0 Å². The topological polar surface area (TPSA) is 53.5 Å². The largest absolute Gasteiger partial charge is 0.339 e. The molecule has 0 radical (unpaired) electrons. The zero-order valence-corrected chi connectivity index (χ0v) is 13.7. The Balaban J connectivity index is 1.74. The molecule has 0 saturated heterocycles. The number of nitrogens with one attached hydrogen (secondary N) is 2. The van der Waals surface area contributed by atoms with E-state index in [-0.39, 0.29) is 6.03 Å². The monoisotopic (exact) mass is 329 g/mol. The van der Waals surface area contributed by atoms with Crippen LogP contribution in [-0.2, 0) is 6.42 Å². The van der Waals surface area contributed by atoms with E-state index in [9.17, 15) is 4.79 Å². The molecule has 124 valence electrons. The molecule has 3 aromatic rings. The van der Waals surface area contributed by atoms with E-state index in [2.05, 4.69) is 15.8 Å². The van der Waals surface area contributed by atoms with Gasteiger partial charge in [-0.1, -0.05) is 78.9 Å². The van der Waals surface area contributed by atoms with Gasteiger partial charge in [0.2, 0.25) is 0 Å². The average molecular weight is 329 g/mol.